The summed E-state index contributed by atoms with van der Waals surface area (Å²) in [6.45, 7) is 3.65. The fourth-order valence-corrected chi connectivity index (χ4v) is 5.28. The number of amides is 1. The molecule has 3 aromatic rings. The number of halogens is 2. The zero-order valence-electron chi connectivity index (χ0n) is 18.5. The van der Waals surface area contributed by atoms with Gasteiger partial charge in [-0.15, -0.1) is 0 Å². The van der Waals surface area contributed by atoms with Crippen LogP contribution in [-0.2, 0) is 34.2 Å². The molecule has 0 unspecified atom stereocenters. The van der Waals surface area contributed by atoms with Gasteiger partial charge in [-0.2, -0.15) is 4.31 Å². The quantitative estimate of drug-likeness (QED) is 0.391. The molecule has 0 saturated heterocycles. The zero-order valence-corrected chi connectivity index (χ0v) is 20.8. The Morgan fingerprint density at radius 2 is 1.52 bits per heavy atom. The topological polar surface area (TPSA) is 66.5 Å². The van der Waals surface area contributed by atoms with E-state index in [0.29, 0.717) is 15.6 Å². The van der Waals surface area contributed by atoms with E-state index < -0.39 is 15.9 Å². The van der Waals surface area contributed by atoms with Crippen LogP contribution in [0.5, 0.6) is 0 Å². The van der Waals surface area contributed by atoms with Gasteiger partial charge in [0.25, 0.3) is 0 Å². The first-order valence-electron chi connectivity index (χ1n) is 10.7. The predicted molar refractivity (Wildman–Crippen MR) is 134 cm³/mol. The molecular weight excluding hydrogens is 479 g/mol. The van der Waals surface area contributed by atoms with Crippen molar-refractivity contribution in [2.45, 2.75) is 38.1 Å². The van der Waals surface area contributed by atoms with Gasteiger partial charge >= 0.3 is 0 Å². The predicted octanol–water partition coefficient (Wildman–Crippen LogP) is 5.95. The van der Waals surface area contributed by atoms with Crippen molar-refractivity contribution >= 4 is 44.8 Å². The Morgan fingerprint density at radius 3 is 2.09 bits per heavy atom. The van der Waals surface area contributed by atoms with E-state index in [0.717, 1.165) is 34.0 Å². The summed E-state index contributed by atoms with van der Waals surface area (Å²) in [4.78, 5) is 13.2. The largest absolute Gasteiger partial charge is 0.324 e. The highest BCUT2D eigenvalue weighted by Gasteiger charge is 2.27. The number of rotatable bonds is 9. The second-order valence-corrected chi connectivity index (χ2v) is 10.3. The van der Waals surface area contributed by atoms with Crippen LogP contribution in [0.2, 0.25) is 10.0 Å². The van der Waals surface area contributed by atoms with Gasteiger partial charge in [0.05, 0.1) is 21.5 Å². The molecule has 3 aromatic carbocycles. The number of hydrogen-bond donors (Lipinski definition) is 1. The highest BCUT2D eigenvalue weighted by Crippen LogP contribution is 2.26. The molecule has 0 radical (unpaired) electrons. The SMILES string of the molecule is CCc1cccc(CC)c1NC(=O)CN(Cc1ccc(Cl)c(Cl)c1)S(=O)(=O)c1ccccc1. The Labute approximate surface area is 205 Å². The molecule has 0 spiro atoms. The Bertz CT molecular complexity index is 1210. The number of carbonyl (C=O) groups is 1. The Morgan fingerprint density at radius 1 is 0.879 bits per heavy atom. The number of nitrogens with zero attached hydrogens (tertiary/aromatic N) is 1. The van der Waals surface area contributed by atoms with Crippen LogP contribution in [0.25, 0.3) is 0 Å². The van der Waals surface area contributed by atoms with Gasteiger partial charge in [0, 0.05) is 12.2 Å². The standard InChI is InChI=1S/C25H26Cl2N2O3S/c1-3-19-9-8-10-20(4-2)25(19)28-24(30)17-29(16-18-13-14-22(26)23(27)15-18)33(31,32)21-11-6-5-7-12-21/h5-15H,3-4,16-17H2,1-2H3,(H,28,30). The van der Waals surface area contributed by atoms with E-state index in [9.17, 15) is 13.2 Å². The van der Waals surface area contributed by atoms with E-state index in [4.69, 9.17) is 23.2 Å². The van der Waals surface area contributed by atoms with Crippen LogP contribution < -0.4 is 5.32 Å². The van der Waals surface area contributed by atoms with Crippen molar-refractivity contribution in [3.8, 4) is 0 Å². The maximum atomic E-state index is 13.4. The van der Waals surface area contributed by atoms with Gasteiger partial charge in [0.2, 0.25) is 15.9 Å². The minimum atomic E-state index is -3.94. The molecule has 1 N–H and O–H groups in total. The number of sulfonamides is 1. The molecule has 0 aliphatic carbocycles. The number of carbonyl (C=O) groups excluding carboxylic acids is 1. The van der Waals surface area contributed by atoms with E-state index in [1.807, 2.05) is 32.0 Å². The highest BCUT2D eigenvalue weighted by molar-refractivity contribution is 7.89. The summed E-state index contributed by atoms with van der Waals surface area (Å²) in [6.07, 6.45) is 1.50. The van der Waals surface area contributed by atoms with Crippen molar-refractivity contribution in [2.75, 3.05) is 11.9 Å². The van der Waals surface area contributed by atoms with Gasteiger partial charge in [-0.3, -0.25) is 4.79 Å². The minimum Gasteiger partial charge on any atom is -0.324 e. The van der Waals surface area contributed by atoms with Crippen LogP contribution >= 0.6 is 23.2 Å². The third-order valence-corrected chi connectivity index (χ3v) is 7.85. The van der Waals surface area contributed by atoms with Crippen molar-refractivity contribution in [1.29, 1.82) is 0 Å². The lowest BCUT2D eigenvalue weighted by Crippen LogP contribution is -2.37. The summed E-state index contributed by atoms with van der Waals surface area (Å²) in [5.41, 5.74) is 3.38. The fourth-order valence-electron chi connectivity index (χ4n) is 3.55. The summed E-state index contributed by atoms with van der Waals surface area (Å²) in [5, 5.41) is 3.64. The molecule has 0 aliphatic heterocycles. The molecule has 3 rings (SSSR count). The lowest BCUT2D eigenvalue weighted by molar-refractivity contribution is -0.116. The molecule has 0 aromatic heterocycles. The monoisotopic (exact) mass is 504 g/mol. The van der Waals surface area contributed by atoms with Gasteiger partial charge in [-0.1, -0.05) is 79.5 Å². The molecule has 8 heteroatoms. The summed E-state index contributed by atoms with van der Waals surface area (Å²) in [5.74, 6) is -0.412. The molecule has 0 fully saturated rings. The molecule has 0 heterocycles. The van der Waals surface area contributed by atoms with Gasteiger partial charge in [0.15, 0.2) is 0 Å². The lowest BCUT2D eigenvalue weighted by Gasteiger charge is -2.23. The van der Waals surface area contributed by atoms with Crippen molar-refractivity contribution in [2.24, 2.45) is 0 Å². The smallest absolute Gasteiger partial charge is 0.243 e. The van der Waals surface area contributed by atoms with Gasteiger partial charge in [0.1, 0.15) is 0 Å². The van der Waals surface area contributed by atoms with Crippen LogP contribution in [-0.4, -0.2) is 25.2 Å². The van der Waals surface area contributed by atoms with Crippen LogP contribution in [0.15, 0.2) is 71.6 Å². The summed E-state index contributed by atoms with van der Waals surface area (Å²) < 4.78 is 28.0. The molecular formula is C25H26Cl2N2O3S. The molecule has 1 amide bonds. The number of anilines is 1. The van der Waals surface area contributed by atoms with Gasteiger partial charge in [-0.05, 0) is 53.8 Å². The average Bonchev–Trinajstić information content (AvgIpc) is 2.81. The second kappa shape index (κ2) is 11.2. The van der Waals surface area contributed by atoms with E-state index in [2.05, 4.69) is 5.32 Å². The van der Waals surface area contributed by atoms with E-state index in [1.165, 1.54) is 12.1 Å². The maximum Gasteiger partial charge on any atom is 0.243 e. The van der Waals surface area contributed by atoms with Crippen molar-refractivity contribution < 1.29 is 13.2 Å². The molecule has 0 atom stereocenters. The first kappa shape index (κ1) is 25.2. The number of hydrogen-bond acceptors (Lipinski definition) is 3. The minimum absolute atomic E-state index is 0.0302. The van der Waals surface area contributed by atoms with Crippen LogP contribution in [0.3, 0.4) is 0 Å². The summed E-state index contributed by atoms with van der Waals surface area (Å²) in [7, 11) is -3.94. The van der Waals surface area contributed by atoms with Crippen LogP contribution in [0, 0.1) is 0 Å². The summed E-state index contributed by atoms with van der Waals surface area (Å²) in [6, 6.07) is 18.9. The van der Waals surface area contributed by atoms with Crippen molar-refractivity contribution in [1.82, 2.24) is 4.31 Å². The lowest BCUT2D eigenvalue weighted by atomic mass is 10.0. The van der Waals surface area contributed by atoms with Gasteiger partial charge in [-0.25, -0.2) is 8.42 Å². The van der Waals surface area contributed by atoms with Crippen molar-refractivity contribution in [3.63, 3.8) is 0 Å². The Kier molecular flexibility index (Phi) is 8.54. The second-order valence-electron chi connectivity index (χ2n) is 7.54. The molecule has 0 bridgehead atoms. The van der Waals surface area contributed by atoms with Crippen molar-refractivity contribution in [3.05, 3.63) is 93.5 Å². The third-order valence-electron chi connectivity index (χ3n) is 5.31. The first-order valence-corrected chi connectivity index (χ1v) is 12.9. The average molecular weight is 505 g/mol. The summed E-state index contributed by atoms with van der Waals surface area (Å²) >= 11 is 12.1. The van der Waals surface area contributed by atoms with Crippen LogP contribution in [0.4, 0.5) is 5.69 Å². The molecule has 5 nitrogen and oxygen atoms in total. The van der Waals surface area contributed by atoms with Crippen LogP contribution in [0.1, 0.15) is 30.5 Å². The Hall–Kier alpha value is -2.38. The highest BCUT2D eigenvalue weighted by atomic mass is 35.5. The number of nitrogens with one attached hydrogen (secondary N) is 1. The number of benzene rings is 3. The normalized spacial score (nSPS) is 11.5. The zero-order chi connectivity index (χ0) is 24.0. The maximum absolute atomic E-state index is 13.4. The van der Waals surface area contributed by atoms with Gasteiger partial charge < -0.3 is 5.32 Å². The fraction of sp³-hybridized carbons (Fsp3) is 0.240. The molecule has 0 aliphatic rings. The van der Waals surface area contributed by atoms with E-state index in [1.54, 1.807) is 36.4 Å². The third kappa shape index (κ3) is 6.15. The first-order chi connectivity index (χ1) is 15.8. The van der Waals surface area contributed by atoms with E-state index in [-0.39, 0.29) is 18.0 Å². The molecule has 0 saturated carbocycles. The molecule has 33 heavy (non-hydrogen) atoms. The number of para-hydroxylation sites is 1. The van der Waals surface area contributed by atoms with E-state index >= 15 is 0 Å². The molecule has 174 valence electrons. The number of aryl methyl sites for hydroxylation is 2. The Balaban J connectivity index is 1.93.